The van der Waals surface area contributed by atoms with E-state index in [9.17, 15) is 28.3 Å². The van der Waals surface area contributed by atoms with Crippen molar-refractivity contribution >= 4 is 40.7 Å². The van der Waals surface area contributed by atoms with Crippen LogP contribution >= 0.6 is 0 Å². The summed E-state index contributed by atoms with van der Waals surface area (Å²) in [5.41, 5.74) is 8.06. The molecule has 0 unspecified atom stereocenters. The van der Waals surface area contributed by atoms with Crippen LogP contribution in [0.25, 0.3) is 0 Å². The lowest BCUT2D eigenvalue weighted by atomic mass is 10.1. The zero-order valence-electron chi connectivity index (χ0n) is 25.4. The van der Waals surface area contributed by atoms with Crippen LogP contribution in [0, 0.1) is 23.5 Å². The average molecular weight is 614 g/mol. The summed E-state index contributed by atoms with van der Waals surface area (Å²) in [7, 11) is 0. The summed E-state index contributed by atoms with van der Waals surface area (Å²) in [5, 5.41) is 15.5. The highest BCUT2D eigenvalue weighted by atomic mass is 19.1. The van der Waals surface area contributed by atoms with E-state index in [-0.39, 0.29) is 43.6 Å². The van der Waals surface area contributed by atoms with Gasteiger partial charge >= 0.3 is 6.09 Å². The molecule has 3 amide bonds. The van der Waals surface area contributed by atoms with Gasteiger partial charge in [0, 0.05) is 37.6 Å². The van der Waals surface area contributed by atoms with Crippen LogP contribution in [-0.2, 0) is 27.2 Å². The van der Waals surface area contributed by atoms with Crippen LogP contribution in [0.4, 0.5) is 36.3 Å². The number of anilines is 4. The first-order valence-electron chi connectivity index (χ1n) is 15.2. The number of halogens is 2. The molecular weight excluding hydrogens is 572 g/mol. The molecule has 2 aliphatic heterocycles. The Kier molecular flexibility index (Phi) is 9.01. The topological polar surface area (TPSA) is 137 Å². The van der Waals surface area contributed by atoms with E-state index in [0.29, 0.717) is 53.2 Å². The number of carbonyl (C=O) groups is 3. The number of aliphatic hydroxyl groups is 1. The maximum absolute atomic E-state index is 14.6. The fourth-order valence-corrected chi connectivity index (χ4v) is 5.40. The Hall–Kier alpha value is -3.93. The molecule has 4 aliphatic rings. The molecule has 2 fully saturated rings. The van der Waals surface area contributed by atoms with Crippen LogP contribution in [-0.4, -0.2) is 60.9 Å². The van der Waals surface area contributed by atoms with E-state index in [2.05, 4.69) is 10.6 Å². The number of hydrogen-bond donors (Lipinski definition) is 4. The molecule has 0 spiro atoms. The van der Waals surface area contributed by atoms with Crippen LogP contribution < -0.4 is 26.2 Å². The van der Waals surface area contributed by atoms with Crippen LogP contribution in [0.5, 0.6) is 0 Å². The summed E-state index contributed by atoms with van der Waals surface area (Å²) in [6, 6.07) is 6.07. The molecule has 10 nitrogen and oxygen atoms in total. The Morgan fingerprint density at radius 1 is 0.932 bits per heavy atom. The molecule has 1 atom stereocenters. The minimum Gasteiger partial charge on any atom is -0.444 e. The Morgan fingerprint density at radius 2 is 1.45 bits per heavy atom. The Labute approximate surface area is 255 Å². The van der Waals surface area contributed by atoms with Crippen LogP contribution in [0.3, 0.4) is 0 Å². The Balaban J connectivity index is 0.000000201. The molecule has 2 heterocycles. The maximum atomic E-state index is 14.6. The second-order valence-corrected chi connectivity index (χ2v) is 13.1. The predicted molar refractivity (Wildman–Crippen MR) is 164 cm³/mol. The summed E-state index contributed by atoms with van der Waals surface area (Å²) < 4.78 is 33.5. The minimum absolute atomic E-state index is 0.00296. The molecule has 2 aromatic rings. The van der Waals surface area contributed by atoms with Crippen molar-refractivity contribution < 1.29 is 33.0 Å². The van der Waals surface area contributed by atoms with Crippen molar-refractivity contribution in [2.45, 2.75) is 71.0 Å². The van der Waals surface area contributed by atoms with Gasteiger partial charge in [0.2, 0.25) is 11.8 Å². The van der Waals surface area contributed by atoms with Gasteiger partial charge in [0.05, 0.1) is 30.3 Å². The number of ether oxygens (including phenoxy) is 1. The van der Waals surface area contributed by atoms with Crippen molar-refractivity contribution in [3.63, 3.8) is 0 Å². The largest absolute Gasteiger partial charge is 0.444 e. The lowest BCUT2D eigenvalue weighted by Crippen LogP contribution is -2.39. The zero-order chi connectivity index (χ0) is 31.8. The van der Waals surface area contributed by atoms with Gasteiger partial charge in [-0.25, -0.2) is 13.6 Å². The van der Waals surface area contributed by atoms with Gasteiger partial charge in [-0.1, -0.05) is 0 Å². The number of benzene rings is 2. The molecule has 0 radical (unpaired) electrons. The normalized spacial score (nSPS) is 18.0. The summed E-state index contributed by atoms with van der Waals surface area (Å²) in [6.07, 6.45) is 3.47. The average Bonchev–Trinajstić information content (AvgIpc) is 3.84. The SMILES string of the molecule is CC(C)(C)OC(=O)NC[C@H](O)CNc1cc(F)c2c(c1)CC(=O)N2CC1CC1.Nc1cc(F)c2c(c1)CC(=O)N2CC1CC1. The quantitative estimate of drug-likeness (QED) is 0.312. The first-order chi connectivity index (χ1) is 20.8. The number of carbonyl (C=O) groups excluding carboxylic acids is 3. The van der Waals surface area contributed by atoms with E-state index in [4.69, 9.17) is 10.5 Å². The van der Waals surface area contributed by atoms with Gasteiger partial charge in [0.1, 0.15) is 17.2 Å². The van der Waals surface area contributed by atoms with E-state index < -0.39 is 23.6 Å². The molecule has 2 aromatic carbocycles. The number of nitrogen functional groups attached to an aromatic ring is 1. The number of nitrogens with two attached hydrogens (primary N) is 1. The second-order valence-electron chi connectivity index (χ2n) is 13.1. The molecule has 12 heteroatoms. The van der Waals surface area contributed by atoms with Crippen molar-refractivity contribution in [2.24, 2.45) is 11.8 Å². The van der Waals surface area contributed by atoms with Gasteiger partial charge in [-0.3, -0.25) is 9.59 Å². The van der Waals surface area contributed by atoms with Crippen molar-refractivity contribution in [3.8, 4) is 0 Å². The zero-order valence-corrected chi connectivity index (χ0v) is 25.4. The van der Waals surface area contributed by atoms with Gasteiger partial charge in [0.15, 0.2) is 0 Å². The molecule has 2 saturated carbocycles. The third-order valence-corrected chi connectivity index (χ3v) is 7.83. The first kappa shape index (κ1) is 31.5. The van der Waals surface area contributed by atoms with Crippen molar-refractivity contribution in [1.82, 2.24) is 5.32 Å². The van der Waals surface area contributed by atoms with E-state index in [0.717, 1.165) is 31.2 Å². The molecular formula is C32H41F2N5O5. The van der Waals surface area contributed by atoms with E-state index in [1.807, 2.05) is 0 Å². The number of amides is 3. The minimum atomic E-state index is -0.878. The third kappa shape index (κ3) is 7.96. The number of alkyl carbamates (subject to hydrolysis) is 1. The molecule has 2 aliphatic carbocycles. The number of rotatable bonds is 9. The van der Waals surface area contributed by atoms with Gasteiger partial charge in [-0.05, 0) is 93.7 Å². The number of hydrogen-bond acceptors (Lipinski definition) is 7. The highest BCUT2D eigenvalue weighted by Crippen LogP contribution is 2.39. The summed E-state index contributed by atoms with van der Waals surface area (Å²) in [6.45, 7) is 6.63. The van der Waals surface area contributed by atoms with Gasteiger partial charge in [-0.15, -0.1) is 0 Å². The molecule has 238 valence electrons. The molecule has 0 bridgehead atoms. The summed E-state index contributed by atoms with van der Waals surface area (Å²) >= 11 is 0. The second kappa shape index (κ2) is 12.6. The molecule has 0 saturated heterocycles. The summed E-state index contributed by atoms with van der Waals surface area (Å²) in [4.78, 5) is 38.7. The number of nitrogens with zero attached hydrogens (tertiary/aromatic N) is 2. The highest BCUT2D eigenvalue weighted by molar-refractivity contribution is 6.02. The Morgan fingerprint density at radius 3 is 1.98 bits per heavy atom. The Bertz CT molecular complexity index is 1440. The van der Waals surface area contributed by atoms with E-state index in [1.165, 1.54) is 12.1 Å². The van der Waals surface area contributed by atoms with Crippen LogP contribution in [0.15, 0.2) is 24.3 Å². The molecule has 0 aromatic heterocycles. The fourth-order valence-electron chi connectivity index (χ4n) is 5.40. The predicted octanol–water partition coefficient (Wildman–Crippen LogP) is 4.13. The molecule has 5 N–H and O–H groups in total. The number of fused-ring (bicyclic) bond motifs is 2. The molecule has 44 heavy (non-hydrogen) atoms. The van der Waals surface area contributed by atoms with Crippen LogP contribution in [0.2, 0.25) is 0 Å². The lowest BCUT2D eigenvalue weighted by molar-refractivity contribution is -0.118. The monoisotopic (exact) mass is 613 g/mol. The fraction of sp³-hybridized carbons (Fsp3) is 0.531. The van der Waals surface area contributed by atoms with Crippen molar-refractivity contribution in [2.75, 3.05) is 47.0 Å². The maximum Gasteiger partial charge on any atom is 0.407 e. The lowest BCUT2D eigenvalue weighted by Gasteiger charge is -2.21. The number of nitrogens with one attached hydrogen (secondary N) is 2. The standard InChI is InChI=1S/C20H28FN3O4.C12H13FN2O/c1-20(2,3)28-19(27)23-10-15(25)9-22-14-6-13-7-17(26)24(11-12-4-5-12)18(13)16(21)8-14;13-10-5-9(14)3-8-4-11(16)15(12(8)10)6-7-1-2-7/h6,8,12,15,22,25H,4-5,7,9-11H2,1-3H3,(H,23,27);3,5,7H,1-2,4,6,14H2/t15-;/m1./s1. The van der Waals surface area contributed by atoms with Gasteiger partial charge in [-0.2, -0.15) is 0 Å². The van der Waals surface area contributed by atoms with Gasteiger partial charge < -0.3 is 36.0 Å². The van der Waals surface area contributed by atoms with Gasteiger partial charge in [0.25, 0.3) is 0 Å². The first-order valence-corrected chi connectivity index (χ1v) is 15.2. The van der Waals surface area contributed by atoms with Crippen molar-refractivity contribution in [3.05, 3.63) is 47.0 Å². The third-order valence-electron chi connectivity index (χ3n) is 7.83. The smallest absolute Gasteiger partial charge is 0.407 e. The number of aliphatic hydroxyl groups excluding tert-OH is 1. The summed E-state index contributed by atoms with van der Waals surface area (Å²) in [5.74, 6) is 0.159. The van der Waals surface area contributed by atoms with E-state index >= 15 is 0 Å². The molecule has 6 rings (SSSR count). The van der Waals surface area contributed by atoms with E-state index in [1.54, 1.807) is 42.7 Å². The highest BCUT2D eigenvalue weighted by Gasteiger charge is 2.36. The van der Waals surface area contributed by atoms with Crippen molar-refractivity contribution in [1.29, 1.82) is 0 Å². The van der Waals surface area contributed by atoms with Crippen LogP contribution in [0.1, 0.15) is 57.6 Å².